The number of carbonyl (C=O) groups excluding carboxylic acids is 1. The number of rotatable bonds is 7. The maximum Gasteiger partial charge on any atom is 0.229 e. The molecule has 0 aliphatic heterocycles. The van der Waals surface area contributed by atoms with Gasteiger partial charge in [-0.1, -0.05) is 72.8 Å². The van der Waals surface area contributed by atoms with Gasteiger partial charge in [-0.25, -0.2) is 8.42 Å². The van der Waals surface area contributed by atoms with E-state index in [0.717, 1.165) is 22.9 Å². The summed E-state index contributed by atoms with van der Waals surface area (Å²) in [5.41, 5.74) is 4.33. The molecule has 3 aromatic carbocycles. The van der Waals surface area contributed by atoms with E-state index >= 15 is 0 Å². The van der Waals surface area contributed by atoms with Crippen LogP contribution in [0.5, 0.6) is 0 Å². The Morgan fingerprint density at radius 3 is 2.11 bits per heavy atom. The maximum absolute atomic E-state index is 12.3. The third kappa shape index (κ3) is 5.69. The number of hydrogen-bond acceptors (Lipinski definition) is 3. The van der Waals surface area contributed by atoms with Crippen molar-refractivity contribution in [1.29, 1.82) is 0 Å². The van der Waals surface area contributed by atoms with Gasteiger partial charge >= 0.3 is 0 Å². The van der Waals surface area contributed by atoms with E-state index in [0.29, 0.717) is 11.3 Å². The van der Waals surface area contributed by atoms with Gasteiger partial charge in [0, 0.05) is 6.54 Å². The SMILES string of the molecule is CS(=O)(=O)Nc1ccccc1CNC(=O)Cc1ccc(-c2ccccc2)cc1. The molecule has 0 saturated heterocycles. The first-order valence-electron chi connectivity index (χ1n) is 8.87. The highest BCUT2D eigenvalue weighted by molar-refractivity contribution is 7.92. The molecule has 5 nitrogen and oxygen atoms in total. The van der Waals surface area contributed by atoms with E-state index in [1.165, 1.54) is 0 Å². The van der Waals surface area contributed by atoms with Gasteiger partial charge in [-0.3, -0.25) is 9.52 Å². The molecule has 0 saturated carbocycles. The van der Waals surface area contributed by atoms with Crippen LogP contribution >= 0.6 is 0 Å². The number of carbonyl (C=O) groups is 1. The number of para-hydroxylation sites is 1. The first-order valence-corrected chi connectivity index (χ1v) is 10.8. The van der Waals surface area contributed by atoms with Gasteiger partial charge in [0.05, 0.1) is 18.4 Å². The summed E-state index contributed by atoms with van der Waals surface area (Å²) in [7, 11) is -3.38. The van der Waals surface area contributed by atoms with Crippen molar-refractivity contribution in [3.05, 3.63) is 90.0 Å². The van der Waals surface area contributed by atoms with Crippen LogP contribution in [-0.2, 0) is 27.8 Å². The second-order valence-corrected chi connectivity index (χ2v) is 8.30. The minimum absolute atomic E-state index is 0.124. The van der Waals surface area contributed by atoms with Gasteiger partial charge in [-0.2, -0.15) is 0 Å². The Morgan fingerprint density at radius 2 is 1.43 bits per heavy atom. The van der Waals surface area contributed by atoms with E-state index in [9.17, 15) is 13.2 Å². The molecule has 0 bridgehead atoms. The van der Waals surface area contributed by atoms with Crippen LogP contribution in [0.2, 0.25) is 0 Å². The number of nitrogens with one attached hydrogen (secondary N) is 2. The van der Waals surface area contributed by atoms with Gasteiger partial charge < -0.3 is 5.32 Å². The summed E-state index contributed by atoms with van der Waals surface area (Å²) in [5.74, 6) is -0.124. The molecule has 1 amide bonds. The van der Waals surface area contributed by atoms with E-state index in [2.05, 4.69) is 10.0 Å². The minimum Gasteiger partial charge on any atom is -0.352 e. The van der Waals surface area contributed by atoms with E-state index < -0.39 is 10.0 Å². The first kappa shape index (κ1) is 19.6. The summed E-state index contributed by atoms with van der Waals surface area (Å²) in [4.78, 5) is 12.3. The highest BCUT2D eigenvalue weighted by Crippen LogP contribution is 2.19. The van der Waals surface area contributed by atoms with Crippen LogP contribution in [0.25, 0.3) is 11.1 Å². The highest BCUT2D eigenvalue weighted by Gasteiger charge is 2.09. The summed E-state index contributed by atoms with van der Waals surface area (Å²) in [6.45, 7) is 0.250. The molecule has 0 aliphatic rings. The van der Waals surface area contributed by atoms with Gasteiger partial charge in [0.15, 0.2) is 0 Å². The largest absolute Gasteiger partial charge is 0.352 e. The number of amides is 1. The molecule has 0 heterocycles. The third-order valence-electron chi connectivity index (χ3n) is 4.21. The van der Waals surface area contributed by atoms with Crippen LogP contribution in [0.4, 0.5) is 5.69 Å². The Labute approximate surface area is 165 Å². The molecular weight excluding hydrogens is 372 g/mol. The van der Waals surface area contributed by atoms with Crippen molar-refractivity contribution in [3.8, 4) is 11.1 Å². The molecule has 28 heavy (non-hydrogen) atoms. The molecule has 0 aromatic heterocycles. The van der Waals surface area contributed by atoms with E-state index in [1.807, 2.05) is 54.6 Å². The molecule has 0 fully saturated rings. The molecule has 0 unspecified atom stereocenters. The van der Waals surface area contributed by atoms with Crippen LogP contribution in [0.3, 0.4) is 0 Å². The lowest BCUT2D eigenvalue weighted by Crippen LogP contribution is -2.25. The molecule has 2 N–H and O–H groups in total. The fraction of sp³-hybridized carbons (Fsp3) is 0.136. The van der Waals surface area contributed by atoms with Crippen molar-refractivity contribution in [2.24, 2.45) is 0 Å². The molecule has 0 radical (unpaired) electrons. The Hall–Kier alpha value is -3.12. The van der Waals surface area contributed by atoms with Crippen LogP contribution in [0.1, 0.15) is 11.1 Å². The predicted octanol–water partition coefficient (Wildman–Crippen LogP) is 3.58. The standard InChI is InChI=1S/C22H22N2O3S/c1-28(26,27)24-21-10-6-5-9-20(21)16-23-22(25)15-17-11-13-19(14-12-17)18-7-3-2-4-8-18/h2-14,24H,15-16H2,1H3,(H,23,25). The zero-order chi connectivity index (χ0) is 20.0. The van der Waals surface area contributed by atoms with Crippen LogP contribution in [0, 0.1) is 0 Å². The molecule has 3 aromatic rings. The van der Waals surface area contributed by atoms with Gasteiger partial charge in [-0.05, 0) is 28.3 Å². The molecule has 0 aliphatic carbocycles. The normalized spacial score (nSPS) is 11.0. The lowest BCUT2D eigenvalue weighted by atomic mass is 10.0. The van der Waals surface area contributed by atoms with Crippen molar-refractivity contribution in [2.75, 3.05) is 11.0 Å². The van der Waals surface area contributed by atoms with Gasteiger partial charge in [0.1, 0.15) is 0 Å². The summed E-state index contributed by atoms with van der Waals surface area (Å²) < 4.78 is 25.4. The lowest BCUT2D eigenvalue weighted by Gasteiger charge is -2.11. The van der Waals surface area contributed by atoms with Crippen molar-refractivity contribution in [3.63, 3.8) is 0 Å². The summed E-state index contributed by atoms with van der Waals surface area (Å²) in [6, 6.07) is 25.0. The Kier molecular flexibility index (Phi) is 6.11. The van der Waals surface area contributed by atoms with Crippen molar-refractivity contribution >= 4 is 21.6 Å². The Bertz CT molecular complexity index is 1050. The van der Waals surface area contributed by atoms with Crippen molar-refractivity contribution < 1.29 is 13.2 Å². The molecule has 144 valence electrons. The summed E-state index contributed by atoms with van der Waals surface area (Å²) >= 11 is 0. The molecular formula is C22H22N2O3S. The zero-order valence-electron chi connectivity index (χ0n) is 15.6. The zero-order valence-corrected chi connectivity index (χ0v) is 16.4. The fourth-order valence-corrected chi connectivity index (χ4v) is 3.46. The third-order valence-corrected chi connectivity index (χ3v) is 4.81. The molecule has 6 heteroatoms. The number of hydrogen-bond donors (Lipinski definition) is 2. The van der Waals surface area contributed by atoms with Gasteiger partial charge in [0.2, 0.25) is 15.9 Å². The predicted molar refractivity (Wildman–Crippen MR) is 112 cm³/mol. The summed E-state index contributed by atoms with van der Waals surface area (Å²) in [6.07, 6.45) is 1.36. The Balaban J connectivity index is 1.59. The molecule has 0 spiro atoms. The first-order chi connectivity index (χ1) is 13.4. The summed E-state index contributed by atoms with van der Waals surface area (Å²) in [5, 5.41) is 2.85. The topological polar surface area (TPSA) is 75.3 Å². The maximum atomic E-state index is 12.3. The number of sulfonamides is 1. The van der Waals surface area contributed by atoms with E-state index in [1.54, 1.807) is 24.3 Å². The van der Waals surface area contributed by atoms with Gasteiger partial charge in [0.25, 0.3) is 0 Å². The van der Waals surface area contributed by atoms with E-state index in [4.69, 9.17) is 0 Å². The quantitative estimate of drug-likeness (QED) is 0.643. The second kappa shape index (κ2) is 8.71. The Morgan fingerprint density at radius 1 is 0.821 bits per heavy atom. The fourth-order valence-electron chi connectivity index (χ4n) is 2.86. The highest BCUT2D eigenvalue weighted by atomic mass is 32.2. The van der Waals surface area contributed by atoms with Gasteiger partial charge in [-0.15, -0.1) is 0 Å². The lowest BCUT2D eigenvalue weighted by molar-refractivity contribution is -0.120. The van der Waals surface area contributed by atoms with Crippen LogP contribution in [-0.4, -0.2) is 20.6 Å². The second-order valence-electron chi connectivity index (χ2n) is 6.55. The average Bonchev–Trinajstić information content (AvgIpc) is 2.67. The average molecular weight is 394 g/mol. The smallest absolute Gasteiger partial charge is 0.229 e. The van der Waals surface area contributed by atoms with Crippen LogP contribution < -0.4 is 10.0 Å². The van der Waals surface area contributed by atoms with Crippen molar-refractivity contribution in [2.45, 2.75) is 13.0 Å². The monoisotopic (exact) mass is 394 g/mol. The van der Waals surface area contributed by atoms with Crippen LogP contribution in [0.15, 0.2) is 78.9 Å². The minimum atomic E-state index is -3.38. The van der Waals surface area contributed by atoms with E-state index in [-0.39, 0.29) is 18.9 Å². The number of benzene rings is 3. The van der Waals surface area contributed by atoms with Crippen molar-refractivity contribution in [1.82, 2.24) is 5.32 Å². The molecule has 0 atom stereocenters. The molecule has 3 rings (SSSR count). The number of anilines is 1.